The average molecular weight is 363 g/mol. The fourth-order valence-electron chi connectivity index (χ4n) is 2.13. The number of rotatable bonds is 5. The molecular weight excluding hydrogens is 347 g/mol. The quantitative estimate of drug-likeness (QED) is 0.850. The number of nitriles is 1. The van der Waals surface area contributed by atoms with E-state index in [-0.39, 0.29) is 11.9 Å². The lowest BCUT2D eigenvalue weighted by atomic mass is 10.1. The van der Waals surface area contributed by atoms with Gasteiger partial charge in [-0.25, -0.2) is 0 Å². The van der Waals surface area contributed by atoms with Gasteiger partial charge in [0.25, 0.3) is 5.91 Å². The summed E-state index contributed by atoms with van der Waals surface area (Å²) in [5.74, 6) is 0.256. The van der Waals surface area contributed by atoms with Gasteiger partial charge in [-0.3, -0.25) is 4.79 Å². The van der Waals surface area contributed by atoms with Crippen LogP contribution in [0.4, 0.5) is 0 Å². The average Bonchev–Trinajstić information content (AvgIpc) is 2.55. The molecule has 124 valence electrons. The first-order chi connectivity index (χ1) is 11.4. The molecule has 0 fully saturated rings. The van der Waals surface area contributed by atoms with Crippen molar-refractivity contribution in [1.29, 1.82) is 5.26 Å². The molecule has 4 nitrogen and oxygen atoms in total. The van der Waals surface area contributed by atoms with E-state index in [2.05, 4.69) is 5.32 Å². The number of carbonyl (C=O) groups is 1. The van der Waals surface area contributed by atoms with Crippen LogP contribution in [0.5, 0.6) is 5.75 Å². The van der Waals surface area contributed by atoms with Crippen LogP contribution in [0.1, 0.15) is 31.0 Å². The van der Waals surface area contributed by atoms with Crippen molar-refractivity contribution in [2.24, 2.45) is 0 Å². The highest BCUT2D eigenvalue weighted by molar-refractivity contribution is 6.35. The molecule has 0 saturated carbocycles. The topological polar surface area (TPSA) is 62.1 Å². The summed E-state index contributed by atoms with van der Waals surface area (Å²) in [4.78, 5) is 12.3. The summed E-state index contributed by atoms with van der Waals surface area (Å²) in [7, 11) is 0. The van der Waals surface area contributed by atoms with Crippen LogP contribution in [-0.4, -0.2) is 12.0 Å². The van der Waals surface area contributed by atoms with Gasteiger partial charge < -0.3 is 10.1 Å². The number of benzene rings is 2. The van der Waals surface area contributed by atoms with Gasteiger partial charge in [0.1, 0.15) is 5.75 Å². The molecule has 6 heteroatoms. The Morgan fingerprint density at radius 2 is 1.83 bits per heavy atom. The number of amides is 1. The van der Waals surface area contributed by atoms with Crippen molar-refractivity contribution in [3.63, 3.8) is 0 Å². The third-order valence-electron chi connectivity index (χ3n) is 3.45. The highest BCUT2D eigenvalue weighted by atomic mass is 35.5. The maximum absolute atomic E-state index is 12.3. The molecule has 24 heavy (non-hydrogen) atoms. The largest absolute Gasteiger partial charge is 0.481 e. The molecule has 2 rings (SSSR count). The molecule has 0 aromatic heterocycles. The lowest BCUT2D eigenvalue weighted by Crippen LogP contribution is -2.37. The van der Waals surface area contributed by atoms with Gasteiger partial charge in [0, 0.05) is 10.0 Å². The zero-order valence-corrected chi connectivity index (χ0v) is 14.7. The molecule has 0 bridgehead atoms. The van der Waals surface area contributed by atoms with Crippen molar-refractivity contribution < 1.29 is 9.53 Å². The first-order valence-electron chi connectivity index (χ1n) is 7.33. The van der Waals surface area contributed by atoms with Gasteiger partial charge in [-0.15, -0.1) is 0 Å². The van der Waals surface area contributed by atoms with Crippen LogP contribution in [-0.2, 0) is 4.79 Å². The summed E-state index contributed by atoms with van der Waals surface area (Å²) in [6.45, 7) is 3.49. The Kier molecular flexibility index (Phi) is 6.08. The van der Waals surface area contributed by atoms with E-state index in [1.54, 1.807) is 49.4 Å². The molecule has 1 N–H and O–H groups in total. The van der Waals surface area contributed by atoms with Gasteiger partial charge in [-0.2, -0.15) is 5.26 Å². The number of hydrogen-bond donors (Lipinski definition) is 1. The van der Waals surface area contributed by atoms with Crippen molar-refractivity contribution in [2.75, 3.05) is 0 Å². The van der Waals surface area contributed by atoms with Crippen LogP contribution in [0.2, 0.25) is 10.0 Å². The van der Waals surface area contributed by atoms with Crippen LogP contribution in [0.15, 0.2) is 42.5 Å². The lowest BCUT2D eigenvalue weighted by molar-refractivity contribution is -0.127. The molecule has 0 aliphatic carbocycles. The first kappa shape index (κ1) is 18.1. The normalized spacial score (nSPS) is 12.8. The minimum Gasteiger partial charge on any atom is -0.481 e. The highest BCUT2D eigenvalue weighted by Crippen LogP contribution is 2.26. The van der Waals surface area contributed by atoms with Crippen molar-refractivity contribution >= 4 is 29.1 Å². The number of ether oxygens (including phenoxy) is 1. The SMILES string of the molecule is C[C@H](Oc1ccc(C#N)cc1)C(=O)N[C@@H](C)c1ccc(Cl)cc1Cl. The molecule has 0 radical (unpaired) electrons. The van der Waals surface area contributed by atoms with E-state index >= 15 is 0 Å². The van der Waals surface area contributed by atoms with Crippen LogP contribution in [0.25, 0.3) is 0 Å². The van der Waals surface area contributed by atoms with Crippen LogP contribution >= 0.6 is 23.2 Å². The van der Waals surface area contributed by atoms with E-state index in [1.165, 1.54) is 0 Å². The standard InChI is InChI=1S/C18H16Cl2N2O2/c1-11(16-8-5-14(19)9-17(16)20)22-18(23)12(2)24-15-6-3-13(10-21)4-7-15/h3-9,11-12H,1-2H3,(H,22,23)/t11-,12-/m0/s1. The van der Waals surface area contributed by atoms with Gasteiger partial charge in [0.05, 0.1) is 17.7 Å². The lowest BCUT2D eigenvalue weighted by Gasteiger charge is -2.20. The number of nitrogens with one attached hydrogen (secondary N) is 1. The second kappa shape index (κ2) is 8.05. The van der Waals surface area contributed by atoms with Crippen LogP contribution < -0.4 is 10.1 Å². The van der Waals surface area contributed by atoms with E-state index in [0.29, 0.717) is 21.4 Å². The second-order valence-electron chi connectivity index (χ2n) is 5.29. The fraction of sp³-hybridized carbons (Fsp3) is 0.222. The van der Waals surface area contributed by atoms with E-state index in [1.807, 2.05) is 13.0 Å². The van der Waals surface area contributed by atoms with E-state index in [9.17, 15) is 4.79 Å². The Morgan fingerprint density at radius 1 is 1.17 bits per heavy atom. The Bertz CT molecular complexity index is 770. The minimum absolute atomic E-state index is 0.266. The third-order valence-corrected chi connectivity index (χ3v) is 4.02. The van der Waals surface area contributed by atoms with Crippen molar-refractivity contribution in [2.45, 2.75) is 26.0 Å². The number of carbonyl (C=O) groups excluding carboxylic acids is 1. The van der Waals surface area contributed by atoms with Gasteiger partial charge >= 0.3 is 0 Å². The van der Waals surface area contributed by atoms with Crippen molar-refractivity contribution in [3.05, 3.63) is 63.6 Å². The fourth-order valence-corrected chi connectivity index (χ4v) is 2.70. The van der Waals surface area contributed by atoms with Crippen LogP contribution in [0.3, 0.4) is 0 Å². The molecule has 1 amide bonds. The highest BCUT2D eigenvalue weighted by Gasteiger charge is 2.19. The van der Waals surface area contributed by atoms with E-state index in [4.69, 9.17) is 33.2 Å². The molecular formula is C18H16Cl2N2O2. The summed E-state index contributed by atoms with van der Waals surface area (Å²) in [5, 5.41) is 12.7. The van der Waals surface area contributed by atoms with Gasteiger partial charge in [-0.05, 0) is 55.8 Å². The van der Waals surface area contributed by atoms with Crippen LogP contribution in [0, 0.1) is 11.3 Å². The zero-order chi connectivity index (χ0) is 17.7. The minimum atomic E-state index is -0.688. The van der Waals surface area contributed by atoms with Gasteiger partial charge in [0.15, 0.2) is 6.10 Å². The molecule has 0 spiro atoms. The molecule has 0 aliphatic rings. The maximum atomic E-state index is 12.3. The summed E-state index contributed by atoms with van der Waals surface area (Å²) in [6, 6.07) is 13.5. The number of nitrogens with zero attached hydrogens (tertiary/aromatic N) is 1. The Hall–Kier alpha value is -2.22. The predicted octanol–water partition coefficient (Wildman–Crippen LogP) is 4.51. The summed E-state index contributed by atoms with van der Waals surface area (Å²) in [6.07, 6.45) is -0.688. The monoisotopic (exact) mass is 362 g/mol. The Labute approximate surface area is 151 Å². The molecule has 0 heterocycles. The summed E-state index contributed by atoms with van der Waals surface area (Å²) >= 11 is 12.0. The zero-order valence-electron chi connectivity index (χ0n) is 13.2. The number of hydrogen-bond acceptors (Lipinski definition) is 3. The first-order valence-corrected chi connectivity index (χ1v) is 8.08. The second-order valence-corrected chi connectivity index (χ2v) is 6.14. The van der Waals surface area contributed by atoms with E-state index < -0.39 is 6.10 Å². The maximum Gasteiger partial charge on any atom is 0.261 e. The molecule has 2 atom stereocenters. The Morgan fingerprint density at radius 3 is 2.42 bits per heavy atom. The van der Waals surface area contributed by atoms with Gasteiger partial charge in [-0.1, -0.05) is 29.3 Å². The molecule has 2 aromatic carbocycles. The third kappa shape index (κ3) is 4.64. The Balaban J connectivity index is 1.98. The molecule has 0 unspecified atom stereocenters. The van der Waals surface area contributed by atoms with Crippen molar-refractivity contribution in [3.8, 4) is 11.8 Å². The molecule has 0 aliphatic heterocycles. The van der Waals surface area contributed by atoms with Crippen molar-refractivity contribution in [1.82, 2.24) is 5.32 Å². The smallest absolute Gasteiger partial charge is 0.261 e. The predicted molar refractivity (Wildman–Crippen MR) is 94.3 cm³/mol. The summed E-state index contributed by atoms with van der Waals surface area (Å²) < 4.78 is 5.59. The van der Waals surface area contributed by atoms with Gasteiger partial charge in [0.2, 0.25) is 0 Å². The van der Waals surface area contributed by atoms with E-state index in [0.717, 1.165) is 5.56 Å². The summed E-state index contributed by atoms with van der Waals surface area (Å²) in [5.41, 5.74) is 1.31. The molecule has 0 saturated heterocycles. The number of halogens is 2. The molecule has 2 aromatic rings.